The summed E-state index contributed by atoms with van der Waals surface area (Å²) in [4.78, 5) is 14.5. The molecular weight excluding hydrogens is 284 g/mol. The molecule has 1 amide bonds. The molecule has 1 heterocycles. The van der Waals surface area contributed by atoms with Crippen LogP contribution in [0.4, 0.5) is 0 Å². The first-order valence-corrected chi connectivity index (χ1v) is 7.64. The minimum absolute atomic E-state index is 0. The molecule has 0 aromatic heterocycles. The fraction of sp³-hybridized carbons (Fsp3) is 0.588. The average molecular weight is 311 g/mol. The number of rotatable bonds is 4. The van der Waals surface area contributed by atoms with E-state index in [9.17, 15) is 4.79 Å². The number of piperidine rings is 1. The Morgan fingerprint density at radius 2 is 2.00 bits per heavy atom. The third-order valence-corrected chi connectivity index (χ3v) is 4.26. The topological polar surface area (TPSA) is 32.3 Å². The summed E-state index contributed by atoms with van der Waals surface area (Å²) in [5.74, 6) is 0.807. The summed E-state index contributed by atoms with van der Waals surface area (Å²) in [6, 6.07) is 8.90. The summed E-state index contributed by atoms with van der Waals surface area (Å²) in [6.07, 6.45) is 2.91. The second-order valence-electron chi connectivity index (χ2n) is 5.92. The molecule has 118 valence electrons. The van der Waals surface area contributed by atoms with E-state index in [4.69, 9.17) is 0 Å². The van der Waals surface area contributed by atoms with Gasteiger partial charge in [-0.1, -0.05) is 36.8 Å². The minimum atomic E-state index is 0. The van der Waals surface area contributed by atoms with E-state index in [1.807, 2.05) is 7.05 Å². The summed E-state index contributed by atoms with van der Waals surface area (Å²) in [7, 11) is 1.89. The fourth-order valence-corrected chi connectivity index (χ4v) is 3.12. The quantitative estimate of drug-likeness (QED) is 0.925. The Kier molecular flexibility index (Phi) is 7.20. The van der Waals surface area contributed by atoms with Gasteiger partial charge in [-0.05, 0) is 38.3 Å². The van der Waals surface area contributed by atoms with Gasteiger partial charge in [-0.25, -0.2) is 0 Å². The van der Waals surface area contributed by atoms with Gasteiger partial charge in [-0.3, -0.25) is 4.79 Å². The predicted octanol–water partition coefficient (Wildman–Crippen LogP) is 3.33. The maximum Gasteiger partial charge on any atom is 0.224 e. The molecule has 0 bridgehead atoms. The van der Waals surface area contributed by atoms with E-state index >= 15 is 0 Å². The van der Waals surface area contributed by atoms with E-state index in [0.717, 1.165) is 19.5 Å². The molecule has 1 N–H and O–H groups in total. The molecule has 3 nitrogen and oxygen atoms in total. The number of halogens is 1. The molecule has 0 aliphatic carbocycles. The molecule has 2 rings (SSSR count). The van der Waals surface area contributed by atoms with Gasteiger partial charge in [0.25, 0.3) is 0 Å². The summed E-state index contributed by atoms with van der Waals surface area (Å²) >= 11 is 0. The normalized spacial score (nSPS) is 21.8. The lowest BCUT2D eigenvalue weighted by molar-refractivity contribution is -0.136. The van der Waals surface area contributed by atoms with Crippen molar-refractivity contribution in [2.45, 2.75) is 39.2 Å². The number of carbonyl (C=O) groups is 1. The van der Waals surface area contributed by atoms with Crippen molar-refractivity contribution in [1.29, 1.82) is 0 Å². The number of aryl methyl sites for hydroxylation is 1. The van der Waals surface area contributed by atoms with Crippen molar-refractivity contribution in [1.82, 2.24) is 10.2 Å². The van der Waals surface area contributed by atoms with Crippen LogP contribution in [0.15, 0.2) is 24.3 Å². The predicted molar refractivity (Wildman–Crippen MR) is 89.8 cm³/mol. The van der Waals surface area contributed by atoms with Gasteiger partial charge in [-0.15, -0.1) is 12.4 Å². The van der Waals surface area contributed by atoms with Crippen LogP contribution in [0.3, 0.4) is 0 Å². The zero-order valence-electron chi connectivity index (χ0n) is 13.3. The van der Waals surface area contributed by atoms with Crippen molar-refractivity contribution in [3.63, 3.8) is 0 Å². The number of nitrogens with one attached hydrogen (secondary N) is 1. The van der Waals surface area contributed by atoms with Crippen LogP contribution in [-0.4, -0.2) is 30.9 Å². The van der Waals surface area contributed by atoms with E-state index in [0.29, 0.717) is 12.3 Å². The van der Waals surface area contributed by atoms with Crippen molar-refractivity contribution in [2.24, 2.45) is 5.92 Å². The lowest BCUT2D eigenvalue weighted by Crippen LogP contribution is -2.42. The van der Waals surface area contributed by atoms with Crippen molar-refractivity contribution >= 4 is 18.3 Å². The molecule has 1 aliphatic heterocycles. The molecule has 1 aromatic rings. The third kappa shape index (κ3) is 4.45. The van der Waals surface area contributed by atoms with Gasteiger partial charge in [0.2, 0.25) is 5.91 Å². The number of hydrogen-bond acceptors (Lipinski definition) is 2. The van der Waals surface area contributed by atoms with Crippen molar-refractivity contribution in [3.8, 4) is 0 Å². The van der Waals surface area contributed by atoms with Crippen LogP contribution >= 0.6 is 12.4 Å². The zero-order valence-corrected chi connectivity index (χ0v) is 14.1. The smallest absolute Gasteiger partial charge is 0.224 e. The van der Waals surface area contributed by atoms with Gasteiger partial charge < -0.3 is 10.2 Å². The number of carbonyl (C=O) groups excluding carboxylic acids is 1. The molecule has 1 aliphatic rings. The first-order valence-electron chi connectivity index (χ1n) is 7.64. The number of benzene rings is 1. The zero-order chi connectivity index (χ0) is 14.5. The molecule has 4 heteroatoms. The van der Waals surface area contributed by atoms with E-state index in [1.165, 1.54) is 17.5 Å². The molecule has 0 saturated carbocycles. The highest BCUT2D eigenvalue weighted by molar-refractivity contribution is 5.85. The Bertz CT molecular complexity index is 447. The second kappa shape index (κ2) is 8.40. The minimum Gasteiger partial charge on any atom is -0.335 e. The summed E-state index contributed by atoms with van der Waals surface area (Å²) in [6.45, 7) is 6.02. The first-order chi connectivity index (χ1) is 9.63. The standard InChI is InChI=1S/C17H26N2O.ClH/c1-13-6-8-15(9-7-13)17-14(2)5-4-12-19(17)16(20)10-11-18-3;/h6-9,14,17-18H,4-5,10-12H2,1-3H3;1H. The molecule has 2 unspecified atom stereocenters. The summed E-state index contributed by atoms with van der Waals surface area (Å²) in [5.41, 5.74) is 2.55. The Morgan fingerprint density at radius 3 is 2.62 bits per heavy atom. The van der Waals surface area contributed by atoms with Crippen LogP contribution in [0.2, 0.25) is 0 Å². The molecule has 0 spiro atoms. The van der Waals surface area contributed by atoms with Crippen LogP contribution in [0.5, 0.6) is 0 Å². The average Bonchev–Trinajstić information content (AvgIpc) is 2.45. The van der Waals surface area contributed by atoms with Crippen LogP contribution in [0, 0.1) is 12.8 Å². The van der Waals surface area contributed by atoms with Gasteiger partial charge >= 0.3 is 0 Å². The highest BCUT2D eigenvalue weighted by Gasteiger charge is 2.32. The highest BCUT2D eigenvalue weighted by atomic mass is 35.5. The van der Waals surface area contributed by atoms with Crippen LogP contribution in [-0.2, 0) is 4.79 Å². The largest absolute Gasteiger partial charge is 0.335 e. The Balaban J connectivity index is 0.00000220. The van der Waals surface area contributed by atoms with Crippen molar-refractivity contribution in [3.05, 3.63) is 35.4 Å². The molecule has 2 atom stereocenters. The van der Waals surface area contributed by atoms with Crippen LogP contribution in [0.1, 0.15) is 43.4 Å². The van der Waals surface area contributed by atoms with Gasteiger partial charge in [0.15, 0.2) is 0 Å². The summed E-state index contributed by atoms with van der Waals surface area (Å²) < 4.78 is 0. The van der Waals surface area contributed by atoms with Crippen LogP contribution < -0.4 is 5.32 Å². The SMILES string of the molecule is CNCCC(=O)N1CCCC(C)C1c1ccc(C)cc1.Cl. The number of nitrogens with zero attached hydrogens (tertiary/aromatic N) is 1. The molecule has 1 saturated heterocycles. The van der Waals surface area contributed by atoms with E-state index in [-0.39, 0.29) is 24.4 Å². The monoisotopic (exact) mass is 310 g/mol. The second-order valence-corrected chi connectivity index (χ2v) is 5.92. The number of likely N-dealkylation sites (tertiary alicyclic amines) is 1. The summed E-state index contributed by atoms with van der Waals surface area (Å²) in [5, 5.41) is 3.06. The maximum atomic E-state index is 12.4. The fourth-order valence-electron chi connectivity index (χ4n) is 3.12. The molecule has 0 radical (unpaired) electrons. The maximum absolute atomic E-state index is 12.4. The van der Waals surface area contributed by atoms with Gasteiger partial charge in [0.1, 0.15) is 0 Å². The van der Waals surface area contributed by atoms with E-state index < -0.39 is 0 Å². The van der Waals surface area contributed by atoms with Crippen molar-refractivity contribution < 1.29 is 4.79 Å². The Labute approximate surface area is 134 Å². The lowest BCUT2D eigenvalue weighted by atomic mass is 9.85. The number of amides is 1. The molecule has 1 aromatic carbocycles. The lowest BCUT2D eigenvalue weighted by Gasteiger charge is -2.40. The molecular formula is C17H27ClN2O. The van der Waals surface area contributed by atoms with Crippen molar-refractivity contribution in [2.75, 3.05) is 20.1 Å². The van der Waals surface area contributed by atoms with Crippen LogP contribution in [0.25, 0.3) is 0 Å². The van der Waals surface area contributed by atoms with E-state index in [2.05, 4.69) is 48.3 Å². The van der Waals surface area contributed by atoms with Gasteiger partial charge in [0, 0.05) is 19.5 Å². The van der Waals surface area contributed by atoms with E-state index in [1.54, 1.807) is 0 Å². The third-order valence-electron chi connectivity index (χ3n) is 4.26. The highest BCUT2D eigenvalue weighted by Crippen LogP contribution is 2.36. The van der Waals surface area contributed by atoms with Gasteiger partial charge in [-0.2, -0.15) is 0 Å². The number of hydrogen-bond donors (Lipinski definition) is 1. The molecule has 21 heavy (non-hydrogen) atoms. The Morgan fingerprint density at radius 1 is 1.33 bits per heavy atom. The molecule has 1 fully saturated rings. The first kappa shape index (κ1) is 18.0. The van der Waals surface area contributed by atoms with Gasteiger partial charge in [0.05, 0.1) is 6.04 Å². The Hall–Kier alpha value is -1.06.